The highest BCUT2D eigenvalue weighted by molar-refractivity contribution is 5.65. The Kier molecular flexibility index (Phi) is 7.08. The molecule has 0 spiro atoms. The second-order valence-corrected chi connectivity index (χ2v) is 6.88. The van der Waals surface area contributed by atoms with E-state index >= 15 is 0 Å². The van der Waals surface area contributed by atoms with Gasteiger partial charge in [-0.15, -0.1) is 0 Å². The van der Waals surface area contributed by atoms with E-state index in [4.69, 9.17) is 0 Å². The maximum Gasteiger partial charge on any atom is 0.387 e. The van der Waals surface area contributed by atoms with Crippen LogP contribution >= 0.6 is 0 Å². The molecule has 0 saturated carbocycles. The Morgan fingerprint density at radius 3 is 2.40 bits per heavy atom. The molecule has 0 radical (unpaired) electrons. The summed E-state index contributed by atoms with van der Waals surface area (Å²) in [5.74, 6) is 1.05. The first kappa shape index (κ1) is 21.4. The number of anilines is 3. The summed E-state index contributed by atoms with van der Waals surface area (Å²) in [5.41, 5.74) is 1.89. The summed E-state index contributed by atoms with van der Waals surface area (Å²) < 4.78 is 29.0. The number of nitrogens with one attached hydrogen (secondary N) is 2. The molecule has 2 aromatic heterocycles. The predicted octanol–water partition coefficient (Wildman–Crippen LogP) is 4.31. The Balaban J connectivity index is 1.89. The lowest BCUT2D eigenvalue weighted by molar-refractivity contribution is -0.0498. The van der Waals surface area contributed by atoms with Gasteiger partial charge in [-0.05, 0) is 42.3 Å². The van der Waals surface area contributed by atoms with Gasteiger partial charge in [0.1, 0.15) is 11.6 Å². The van der Waals surface area contributed by atoms with Crippen molar-refractivity contribution in [3.05, 3.63) is 54.7 Å². The van der Waals surface area contributed by atoms with Crippen LogP contribution in [0.3, 0.4) is 0 Å². The second-order valence-electron chi connectivity index (χ2n) is 6.88. The summed E-state index contributed by atoms with van der Waals surface area (Å²) in [6.07, 6.45) is 1.67. The van der Waals surface area contributed by atoms with Gasteiger partial charge >= 0.3 is 6.61 Å². The van der Waals surface area contributed by atoms with E-state index in [9.17, 15) is 13.9 Å². The fourth-order valence-corrected chi connectivity index (χ4v) is 2.68. The van der Waals surface area contributed by atoms with Crippen LogP contribution in [0.4, 0.5) is 26.2 Å². The van der Waals surface area contributed by atoms with E-state index in [2.05, 4.69) is 30.3 Å². The molecular weight excluding hydrogens is 392 g/mol. The number of alkyl halides is 2. The SMILES string of the molecule is CC(C)[C@H](CO)Nc1nc(Nc2ccc(OC(F)F)cc2)cc(-c2ccccn2)n1. The summed E-state index contributed by atoms with van der Waals surface area (Å²) in [6, 6.07) is 13.1. The molecule has 3 aromatic rings. The molecule has 0 saturated heterocycles. The molecule has 30 heavy (non-hydrogen) atoms. The summed E-state index contributed by atoms with van der Waals surface area (Å²) in [7, 11) is 0. The zero-order chi connectivity index (χ0) is 21.5. The van der Waals surface area contributed by atoms with E-state index in [0.717, 1.165) is 0 Å². The number of ether oxygens (including phenoxy) is 1. The average molecular weight is 415 g/mol. The molecule has 0 bridgehead atoms. The molecule has 3 N–H and O–H groups in total. The van der Waals surface area contributed by atoms with Crippen LogP contribution in [0.1, 0.15) is 13.8 Å². The highest BCUT2D eigenvalue weighted by Crippen LogP contribution is 2.24. The van der Waals surface area contributed by atoms with Crippen LogP contribution in [0, 0.1) is 5.92 Å². The molecule has 158 valence electrons. The van der Waals surface area contributed by atoms with Gasteiger partial charge in [0.2, 0.25) is 5.95 Å². The van der Waals surface area contributed by atoms with Crippen LogP contribution in [0.15, 0.2) is 54.7 Å². The summed E-state index contributed by atoms with van der Waals surface area (Å²) in [4.78, 5) is 13.3. The predicted molar refractivity (Wildman–Crippen MR) is 111 cm³/mol. The molecule has 2 heterocycles. The largest absolute Gasteiger partial charge is 0.435 e. The molecule has 1 aromatic carbocycles. The van der Waals surface area contributed by atoms with E-state index in [1.165, 1.54) is 12.1 Å². The fraction of sp³-hybridized carbons (Fsp3) is 0.286. The molecule has 0 amide bonds. The standard InChI is InChI=1S/C21H23F2N5O2/c1-13(2)18(12-29)27-21-26-17(16-5-3-4-10-24-16)11-19(28-21)25-14-6-8-15(9-7-14)30-20(22)23/h3-11,13,18,20,29H,12H2,1-2H3,(H2,25,26,27,28)/t18-/m0/s1. The highest BCUT2D eigenvalue weighted by atomic mass is 19.3. The van der Waals surface area contributed by atoms with Crippen LogP contribution in [0.2, 0.25) is 0 Å². The van der Waals surface area contributed by atoms with Gasteiger partial charge in [-0.1, -0.05) is 19.9 Å². The van der Waals surface area contributed by atoms with Crippen molar-refractivity contribution in [3.8, 4) is 17.1 Å². The number of aliphatic hydroxyl groups excluding tert-OH is 1. The minimum absolute atomic E-state index is 0.0663. The first-order valence-electron chi connectivity index (χ1n) is 9.44. The first-order chi connectivity index (χ1) is 14.4. The smallest absolute Gasteiger partial charge is 0.387 e. The maximum absolute atomic E-state index is 12.3. The fourth-order valence-electron chi connectivity index (χ4n) is 2.68. The van der Waals surface area contributed by atoms with E-state index < -0.39 is 6.61 Å². The molecule has 7 nitrogen and oxygen atoms in total. The Morgan fingerprint density at radius 2 is 1.80 bits per heavy atom. The lowest BCUT2D eigenvalue weighted by Crippen LogP contribution is -2.30. The zero-order valence-electron chi connectivity index (χ0n) is 16.6. The van der Waals surface area contributed by atoms with Gasteiger partial charge in [-0.2, -0.15) is 13.8 Å². The highest BCUT2D eigenvalue weighted by Gasteiger charge is 2.15. The molecule has 3 rings (SSSR count). The third-order valence-electron chi connectivity index (χ3n) is 4.32. The van der Waals surface area contributed by atoms with Crippen molar-refractivity contribution >= 4 is 17.5 Å². The Hall–Kier alpha value is -3.33. The average Bonchev–Trinajstić information content (AvgIpc) is 2.73. The minimum Gasteiger partial charge on any atom is -0.435 e. The van der Waals surface area contributed by atoms with E-state index in [1.807, 2.05) is 32.0 Å². The normalized spacial score (nSPS) is 12.1. The van der Waals surface area contributed by atoms with Crippen molar-refractivity contribution < 1.29 is 18.6 Å². The van der Waals surface area contributed by atoms with Gasteiger partial charge < -0.3 is 20.5 Å². The summed E-state index contributed by atoms with van der Waals surface area (Å²) in [5, 5.41) is 15.9. The number of aliphatic hydroxyl groups is 1. The molecule has 0 aliphatic carbocycles. The molecule has 0 aliphatic heterocycles. The van der Waals surface area contributed by atoms with E-state index in [0.29, 0.717) is 28.8 Å². The molecule has 0 fully saturated rings. The number of hydrogen-bond donors (Lipinski definition) is 3. The second kappa shape index (κ2) is 9.93. The number of halogens is 2. The number of nitrogens with zero attached hydrogens (tertiary/aromatic N) is 3. The third kappa shape index (κ3) is 5.84. The van der Waals surface area contributed by atoms with Gasteiger partial charge in [0.05, 0.1) is 24.0 Å². The molecule has 0 aliphatic rings. The van der Waals surface area contributed by atoms with Crippen molar-refractivity contribution in [2.45, 2.75) is 26.5 Å². The van der Waals surface area contributed by atoms with Gasteiger partial charge in [0, 0.05) is 18.0 Å². The Labute approximate surface area is 173 Å². The monoisotopic (exact) mass is 415 g/mol. The van der Waals surface area contributed by atoms with Crippen LogP contribution in [0.5, 0.6) is 5.75 Å². The molecule has 0 unspecified atom stereocenters. The number of rotatable bonds is 9. The zero-order valence-corrected chi connectivity index (χ0v) is 16.6. The molecule has 1 atom stereocenters. The number of pyridine rings is 1. The van der Waals surface area contributed by atoms with Gasteiger partial charge in [0.15, 0.2) is 0 Å². The summed E-state index contributed by atoms with van der Waals surface area (Å²) >= 11 is 0. The minimum atomic E-state index is -2.87. The quantitative estimate of drug-likeness (QED) is 0.479. The molecule has 9 heteroatoms. The topological polar surface area (TPSA) is 92.2 Å². The number of benzene rings is 1. The van der Waals surface area contributed by atoms with Gasteiger partial charge in [0.25, 0.3) is 0 Å². The van der Waals surface area contributed by atoms with Crippen molar-refractivity contribution in [3.63, 3.8) is 0 Å². The first-order valence-corrected chi connectivity index (χ1v) is 9.44. The van der Waals surface area contributed by atoms with Crippen molar-refractivity contribution in [1.29, 1.82) is 0 Å². The third-order valence-corrected chi connectivity index (χ3v) is 4.32. The van der Waals surface area contributed by atoms with Gasteiger partial charge in [-0.3, -0.25) is 4.98 Å². The number of aromatic nitrogens is 3. The van der Waals surface area contributed by atoms with Crippen molar-refractivity contribution in [2.24, 2.45) is 5.92 Å². The maximum atomic E-state index is 12.3. The van der Waals surface area contributed by atoms with Crippen LogP contribution < -0.4 is 15.4 Å². The Bertz CT molecular complexity index is 940. The lowest BCUT2D eigenvalue weighted by atomic mass is 10.1. The van der Waals surface area contributed by atoms with Crippen LogP contribution in [0.25, 0.3) is 11.4 Å². The van der Waals surface area contributed by atoms with E-state index in [-0.39, 0.29) is 24.3 Å². The van der Waals surface area contributed by atoms with Crippen molar-refractivity contribution in [1.82, 2.24) is 15.0 Å². The van der Waals surface area contributed by atoms with Crippen LogP contribution in [-0.2, 0) is 0 Å². The van der Waals surface area contributed by atoms with Crippen LogP contribution in [-0.4, -0.2) is 39.3 Å². The number of hydrogen-bond acceptors (Lipinski definition) is 7. The Morgan fingerprint density at radius 1 is 1.03 bits per heavy atom. The molecular formula is C21H23F2N5O2. The van der Waals surface area contributed by atoms with Gasteiger partial charge in [-0.25, -0.2) is 4.98 Å². The van der Waals surface area contributed by atoms with E-state index in [1.54, 1.807) is 24.4 Å². The van der Waals surface area contributed by atoms with Crippen molar-refractivity contribution in [2.75, 3.05) is 17.2 Å². The summed E-state index contributed by atoms with van der Waals surface area (Å²) in [6.45, 7) is 1.03. The lowest BCUT2D eigenvalue weighted by Gasteiger charge is -2.20.